The van der Waals surface area contributed by atoms with Crippen molar-refractivity contribution >= 4 is 0 Å². The maximum absolute atomic E-state index is 14.9. The second-order valence-electron chi connectivity index (χ2n) is 9.87. The van der Waals surface area contributed by atoms with Gasteiger partial charge in [0, 0.05) is 24.6 Å². The predicted molar refractivity (Wildman–Crippen MR) is 133 cm³/mol. The molecule has 0 aliphatic carbocycles. The monoisotopic (exact) mass is 477 g/mol. The first-order valence-corrected chi connectivity index (χ1v) is 12.3. The van der Waals surface area contributed by atoms with Gasteiger partial charge in [0.2, 0.25) is 0 Å². The lowest BCUT2D eigenvalue weighted by molar-refractivity contribution is 0.133. The van der Waals surface area contributed by atoms with E-state index in [1.54, 1.807) is 18.2 Å². The van der Waals surface area contributed by atoms with Gasteiger partial charge >= 0.3 is 0 Å². The van der Waals surface area contributed by atoms with Gasteiger partial charge in [-0.1, -0.05) is 38.1 Å². The zero-order valence-corrected chi connectivity index (χ0v) is 20.2. The summed E-state index contributed by atoms with van der Waals surface area (Å²) in [4.78, 5) is 2.44. The molecule has 0 amide bonds. The number of nitrogens with zero attached hydrogens (tertiary/aromatic N) is 1. The third-order valence-corrected chi connectivity index (χ3v) is 7.36. The van der Waals surface area contributed by atoms with Gasteiger partial charge in [-0.05, 0) is 72.3 Å². The third-order valence-electron chi connectivity index (χ3n) is 7.36. The second-order valence-corrected chi connectivity index (χ2v) is 9.87. The van der Waals surface area contributed by atoms with Gasteiger partial charge in [-0.25, -0.2) is 4.39 Å². The zero-order chi connectivity index (χ0) is 24.5. The van der Waals surface area contributed by atoms with E-state index >= 15 is 0 Å². The fraction of sp³-hybridized carbons (Fsp3) is 0.379. The molecular formula is C29H32FNO4. The molecule has 3 aromatic rings. The Bertz CT molecular complexity index is 1160. The Balaban J connectivity index is 1.39. The van der Waals surface area contributed by atoms with Gasteiger partial charge in [0.1, 0.15) is 30.0 Å². The maximum atomic E-state index is 14.9. The maximum Gasteiger partial charge on any atom is 0.171 e. The van der Waals surface area contributed by atoms with Crippen LogP contribution in [0, 0.1) is 11.7 Å². The fourth-order valence-electron chi connectivity index (χ4n) is 5.45. The predicted octanol–water partition coefficient (Wildman–Crippen LogP) is 5.98. The standard InChI is InChI=1S/C29H32FNO4/c1-18-13-14-31(17-18)15-16-34-23-9-5-21(6-10-23)29-26(20-3-7-22(32)8-4-20)19(2)27-25(35-29)12-11-24(33)28(27)30/h3-12,18-19,26,29,32-33H,13-17H2,1-2H3/t18-,19+,26-,29+/m1/s1. The van der Waals surface area contributed by atoms with Crippen molar-refractivity contribution in [1.29, 1.82) is 0 Å². The second kappa shape index (κ2) is 9.78. The summed E-state index contributed by atoms with van der Waals surface area (Å²) < 4.78 is 27.3. The van der Waals surface area contributed by atoms with Gasteiger partial charge in [-0.15, -0.1) is 0 Å². The number of halogens is 1. The van der Waals surface area contributed by atoms with Crippen LogP contribution >= 0.6 is 0 Å². The summed E-state index contributed by atoms with van der Waals surface area (Å²) in [6.07, 6.45) is 0.884. The molecule has 4 atom stereocenters. The number of rotatable bonds is 6. The van der Waals surface area contributed by atoms with E-state index in [0.717, 1.165) is 42.4 Å². The Morgan fingerprint density at radius 1 is 0.971 bits per heavy atom. The topological polar surface area (TPSA) is 62.2 Å². The molecule has 1 fully saturated rings. The van der Waals surface area contributed by atoms with Crippen LogP contribution in [-0.2, 0) is 0 Å². The molecule has 5 rings (SSSR count). The number of phenolic OH excluding ortho intramolecular Hbond substituents is 2. The largest absolute Gasteiger partial charge is 0.508 e. The fourth-order valence-corrected chi connectivity index (χ4v) is 5.45. The summed E-state index contributed by atoms with van der Waals surface area (Å²) in [6, 6.07) is 17.8. The Morgan fingerprint density at radius 2 is 1.69 bits per heavy atom. The van der Waals surface area contributed by atoms with Crippen molar-refractivity contribution in [2.24, 2.45) is 5.92 Å². The molecule has 5 nitrogen and oxygen atoms in total. The number of hydrogen-bond donors (Lipinski definition) is 2. The lowest BCUT2D eigenvalue weighted by atomic mass is 9.75. The van der Waals surface area contributed by atoms with Crippen molar-refractivity contribution in [3.8, 4) is 23.0 Å². The highest BCUT2D eigenvalue weighted by molar-refractivity contribution is 5.49. The molecule has 0 unspecified atom stereocenters. The van der Waals surface area contributed by atoms with Crippen LogP contribution in [0.2, 0.25) is 0 Å². The third kappa shape index (κ3) is 4.80. The van der Waals surface area contributed by atoms with Crippen molar-refractivity contribution < 1.29 is 24.1 Å². The Morgan fingerprint density at radius 3 is 2.37 bits per heavy atom. The molecule has 3 aromatic carbocycles. The van der Waals surface area contributed by atoms with Crippen molar-refractivity contribution in [2.45, 2.75) is 38.2 Å². The number of hydrogen-bond acceptors (Lipinski definition) is 5. The number of ether oxygens (including phenoxy) is 2. The Labute approximate surface area is 205 Å². The number of fused-ring (bicyclic) bond motifs is 1. The van der Waals surface area contributed by atoms with E-state index in [0.29, 0.717) is 17.9 Å². The number of phenols is 2. The summed E-state index contributed by atoms with van der Waals surface area (Å²) in [5.74, 6) is 0.665. The molecule has 2 aliphatic heterocycles. The lowest BCUT2D eigenvalue weighted by Crippen LogP contribution is -2.28. The van der Waals surface area contributed by atoms with Gasteiger partial charge < -0.3 is 19.7 Å². The highest BCUT2D eigenvalue weighted by Gasteiger charge is 2.40. The van der Waals surface area contributed by atoms with E-state index in [1.165, 1.54) is 12.5 Å². The van der Waals surface area contributed by atoms with Crippen molar-refractivity contribution in [1.82, 2.24) is 4.90 Å². The van der Waals surface area contributed by atoms with E-state index in [1.807, 2.05) is 43.3 Å². The minimum Gasteiger partial charge on any atom is -0.508 e. The molecule has 1 saturated heterocycles. The molecule has 2 aliphatic rings. The molecule has 2 N–H and O–H groups in total. The summed E-state index contributed by atoms with van der Waals surface area (Å²) in [5.41, 5.74) is 2.25. The first-order valence-electron chi connectivity index (χ1n) is 12.3. The van der Waals surface area contributed by atoms with Crippen LogP contribution in [0.1, 0.15) is 54.9 Å². The number of aromatic hydroxyl groups is 2. The summed E-state index contributed by atoms with van der Waals surface area (Å²) >= 11 is 0. The quantitative estimate of drug-likeness (QED) is 0.457. The highest BCUT2D eigenvalue weighted by atomic mass is 19.1. The lowest BCUT2D eigenvalue weighted by Gasteiger charge is -2.39. The van der Waals surface area contributed by atoms with Crippen LogP contribution < -0.4 is 9.47 Å². The molecule has 0 aromatic heterocycles. The molecule has 0 radical (unpaired) electrons. The Kier molecular flexibility index (Phi) is 6.56. The molecular weight excluding hydrogens is 445 g/mol. The van der Waals surface area contributed by atoms with Crippen LogP contribution in [0.5, 0.6) is 23.0 Å². The normalized spacial score (nSPS) is 24.1. The smallest absolute Gasteiger partial charge is 0.171 e. The van der Waals surface area contributed by atoms with Gasteiger partial charge in [-0.2, -0.15) is 0 Å². The number of likely N-dealkylation sites (tertiary alicyclic amines) is 1. The van der Waals surface area contributed by atoms with E-state index in [2.05, 4.69) is 11.8 Å². The van der Waals surface area contributed by atoms with E-state index in [9.17, 15) is 14.6 Å². The molecule has 184 valence electrons. The van der Waals surface area contributed by atoms with Crippen molar-refractivity contribution in [3.63, 3.8) is 0 Å². The summed E-state index contributed by atoms with van der Waals surface area (Å²) in [5, 5.41) is 19.8. The summed E-state index contributed by atoms with van der Waals surface area (Å²) in [6.45, 7) is 8.08. The van der Waals surface area contributed by atoms with E-state index < -0.39 is 5.82 Å². The molecule has 0 spiro atoms. The molecule has 0 saturated carbocycles. The average molecular weight is 478 g/mol. The minimum absolute atomic E-state index is 0.170. The van der Waals surface area contributed by atoms with Crippen molar-refractivity contribution in [2.75, 3.05) is 26.2 Å². The summed E-state index contributed by atoms with van der Waals surface area (Å²) in [7, 11) is 0. The highest BCUT2D eigenvalue weighted by Crippen LogP contribution is 2.52. The van der Waals surface area contributed by atoms with E-state index in [4.69, 9.17) is 9.47 Å². The van der Waals surface area contributed by atoms with Crippen LogP contribution in [-0.4, -0.2) is 41.4 Å². The average Bonchev–Trinajstić information content (AvgIpc) is 3.27. The zero-order valence-electron chi connectivity index (χ0n) is 20.2. The van der Waals surface area contributed by atoms with Crippen LogP contribution in [0.3, 0.4) is 0 Å². The first-order chi connectivity index (χ1) is 16.9. The van der Waals surface area contributed by atoms with Gasteiger partial charge in [0.15, 0.2) is 11.6 Å². The van der Waals surface area contributed by atoms with Gasteiger partial charge in [0.25, 0.3) is 0 Å². The molecule has 2 heterocycles. The van der Waals surface area contributed by atoms with E-state index in [-0.39, 0.29) is 29.4 Å². The number of benzene rings is 3. The molecule has 6 heteroatoms. The van der Waals surface area contributed by atoms with Crippen LogP contribution in [0.25, 0.3) is 0 Å². The van der Waals surface area contributed by atoms with Gasteiger partial charge in [-0.3, -0.25) is 4.90 Å². The first kappa shape index (κ1) is 23.5. The van der Waals surface area contributed by atoms with Crippen molar-refractivity contribution in [3.05, 3.63) is 83.2 Å². The van der Waals surface area contributed by atoms with Crippen LogP contribution in [0.4, 0.5) is 4.39 Å². The minimum atomic E-state index is -0.645. The van der Waals surface area contributed by atoms with Gasteiger partial charge in [0.05, 0.1) is 0 Å². The Hall–Kier alpha value is -3.25. The molecule has 0 bridgehead atoms. The molecule has 35 heavy (non-hydrogen) atoms. The SMILES string of the molecule is C[C@@H]1CCN(CCOc2ccc([C@@H]3Oc4ccc(O)c(F)c4[C@@H](C)[C@@H]3c3ccc(O)cc3)cc2)C1. The van der Waals surface area contributed by atoms with Crippen LogP contribution in [0.15, 0.2) is 60.7 Å².